The van der Waals surface area contributed by atoms with Gasteiger partial charge in [0.05, 0.1) is 20.8 Å². The quantitative estimate of drug-likeness (QED) is 0.709. The maximum absolute atomic E-state index is 5.59. The maximum Gasteiger partial charge on any atom is 0.252 e. The van der Waals surface area contributed by atoms with Gasteiger partial charge in [0.15, 0.2) is 17.3 Å². The molecule has 1 unspecified atom stereocenters. The maximum atomic E-state index is 5.59. The fraction of sp³-hybridized carbons (Fsp3) is 0.389. The summed E-state index contributed by atoms with van der Waals surface area (Å²) < 4.78 is 12.7. The molecule has 7 nitrogen and oxygen atoms in total. The van der Waals surface area contributed by atoms with Crippen LogP contribution < -0.4 is 9.47 Å². The van der Waals surface area contributed by atoms with Crippen molar-refractivity contribution in [3.63, 3.8) is 0 Å². The predicted molar refractivity (Wildman–Crippen MR) is 93.0 cm³/mol. The molecule has 3 heterocycles. The summed E-state index contributed by atoms with van der Waals surface area (Å²) in [5, 5.41) is 4.49. The van der Waals surface area contributed by atoms with Crippen LogP contribution in [0.2, 0.25) is 0 Å². The van der Waals surface area contributed by atoms with Gasteiger partial charge in [-0.2, -0.15) is 4.98 Å². The molecule has 0 saturated carbocycles. The van der Waals surface area contributed by atoms with Crippen LogP contribution in [0.3, 0.4) is 0 Å². The molecule has 1 aliphatic heterocycles. The summed E-state index contributed by atoms with van der Waals surface area (Å²) in [5.74, 6) is 3.48. The molecule has 1 aliphatic rings. The third kappa shape index (κ3) is 3.02. The van der Waals surface area contributed by atoms with Gasteiger partial charge in [0.2, 0.25) is 0 Å². The number of benzene rings is 1. The number of rotatable bonds is 5. The van der Waals surface area contributed by atoms with Gasteiger partial charge in [-0.15, -0.1) is 5.10 Å². The summed E-state index contributed by atoms with van der Waals surface area (Å²) in [6.07, 6.45) is 4.68. The monoisotopic (exact) mass is 339 g/mol. The molecule has 1 saturated heterocycles. The highest BCUT2D eigenvalue weighted by molar-refractivity contribution is 5.48. The molecule has 0 N–H and O–H groups in total. The van der Waals surface area contributed by atoms with Gasteiger partial charge in [0.25, 0.3) is 5.78 Å². The van der Waals surface area contributed by atoms with Crippen molar-refractivity contribution >= 4 is 5.78 Å². The molecule has 130 valence electrons. The molecule has 7 heteroatoms. The Bertz CT molecular complexity index is 846. The fourth-order valence-corrected chi connectivity index (χ4v) is 3.51. The smallest absolute Gasteiger partial charge is 0.252 e. The molecule has 1 fully saturated rings. The Morgan fingerprint density at radius 1 is 1.20 bits per heavy atom. The summed E-state index contributed by atoms with van der Waals surface area (Å²) >= 11 is 0. The first kappa shape index (κ1) is 15.8. The topological polar surface area (TPSA) is 64.8 Å². The average molecular weight is 339 g/mol. The van der Waals surface area contributed by atoms with E-state index in [0.717, 1.165) is 43.4 Å². The van der Waals surface area contributed by atoms with Crippen molar-refractivity contribution in [2.45, 2.75) is 18.9 Å². The Morgan fingerprint density at radius 2 is 2.12 bits per heavy atom. The Morgan fingerprint density at radius 3 is 2.92 bits per heavy atom. The highest BCUT2D eigenvalue weighted by Gasteiger charge is 2.28. The molecular formula is C18H21N5O2. The second-order valence-corrected chi connectivity index (χ2v) is 6.20. The third-order valence-electron chi connectivity index (χ3n) is 4.67. The van der Waals surface area contributed by atoms with E-state index in [1.54, 1.807) is 24.9 Å². The zero-order valence-corrected chi connectivity index (χ0v) is 14.4. The number of aromatic nitrogens is 4. The lowest BCUT2D eigenvalue weighted by atomic mass is 9.97. The van der Waals surface area contributed by atoms with E-state index in [-0.39, 0.29) is 0 Å². The van der Waals surface area contributed by atoms with E-state index in [1.807, 2.05) is 24.4 Å². The number of methoxy groups -OCH3 is 2. The Labute approximate surface area is 146 Å². The molecule has 2 aromatic heterocycles. The first-order chi connectivity index (χ1) is 12.3. The third-order valence-corrected chi connectivity index (χ3v) is 4.67. The number of ether oxygens (including phenoxy) is 2. The van der Waals surface area contributed by atoms with Crippen molar-refractivity contribution in [1.82, 2.24) is 24.5 Å². The van der Waals surface area contributed by atoms with Gasteiger partial charge in [0, 0.05) is 30.4 Å². The van der Waals surface area contributed by atoms with E-state index in [4.69, 9.17) is 9.47 Å². The number of fused-ring (bicyclic) bond motifs is 1. The molecule has 0 radical (unpaired) electrons. The Hall–Kier alpha value is -2.67. The van der Waals surface area contributed by atoms with Gasteiger partial charge >= 0.3 is 0 Å². The van der Waals surface area contributed by atoms with E-state index in [0.29, 0.717) is 11.7 Å². The van der Waals surface area contributed by atoms with Crippen LogP contribution in [0.1, 0.15) is 23.7 Å². The predicted octanol–water partition coefficient (Wildman–Crippen LogP) is 2.13. The van der Waals surface area contributed by atoms with Crippen molar-refractivity contribution in [3.05, 3.63) is 48.0 Å². The molecule has 0 amide bonds. The highest BCUT2D eigenvalue weighted by atomic mass is 16.5. The van der Waals surface area contributed by atoms with E-state index < -0.39 is 0 Å². The lowest BCUT2D eigenvalue weighted by Crippen LogP contribution is -2.20. The largest absolute Gasteiger partial charge is 0.493 e. The first-order valence-electron chi connectivity index (χ1n) is 8.38. The summed E-state index contributed by atoms with van der Waals surface area (Å²) in [7, 11) is 3.37. The summed E-state index contributed by atoms with van der Waals surface area (Å²) in [6, 6.07) is 7.94. The second-order valence-electron chi connectivity index (χ2n) is 6.20. The summed E-state index contributed by atoms with van der Waals surface area (Å²) in [6.45, 7) is 2.69. The molecule has 1 aromatic carbocycles. The first-order valence-corrected chi connectivity index (χ1v) is 8.38. The summed E-state index contributed by atoms with van der Waals surface area (Å²) in [5.41, 5.74) is 1.20. The second kappa shape index (κ2) is 6.68. The molecule has 0 spiro atoms. The number of hydrogen-bond donors (Lipinski definition) is 0. The normalized spacial score (nSPS) is 17.9. The molecular weight excluding hydrogens is 318 g/mol. The van der Waals surface area contributed by atoms with Gasteiger partial charge in [0.1, 0.15) is 0 Å². The van der Waals surface area contributed by atoms with Crippen molar-refractivity contribution < 1.29 is 9.47 Å². The molecule has 4 rings (SSSR count). The van der Waals surface area contributed by atoms with Crippen molar-refractivity contribution in [1.29, 1.82) is 0 Å². The standard InChI is InChI=1S/C18H21N5O2/c1-24-15-6-3-5-14(17(15)25-2)13-7-10-22(11-13)12-16-20-18-19-8-4-9-23(18)21-16/h3-6,8-9,13H,7,10-12H2,1-2H3. The van der Waals surface area contributed by atoms with Gasteiger partial charge in [-0.1, -0.05) is 12.1 Å². The average Bonchev–Trinajstić information content (AvgIpc) is 3.27. The molecule has 0 aliphatic carbocycles. The van der Waals surface area contributed by atoms with Crippen LogP contribution in [0.15, 0.2) is 36.7 Å². The number of para-hydroxylation sites is 1. The van der Waals surface area contributed by atoms with Crippen LogP contribution in [0, 0.1) is 0 Å². The Kier molecular flexibility index (Phi) is 4.23. The molecule has 25 heavy (non-hydrogen) atoms. The minimum absolute atomic E-state index is 0.417. The van der Waals surface area contributed by atoms with Gasteiger partial charge in [-0.3, -0.25) is 4.90 Å². The SMILES string of the molecule is COc1cccc(C2CCN(Cc3nc4ncccn4n3)C2)c1OC. The van der Waals surface area contributed by atoms with E-state index in [1.165, 1.54) is 5.56 Å². The summed E-state index contributed by atoms with van der Waals surface area (Å²) in [4.78, 5) is 11.1. The van der Waals surface area contributed by atoms with Crippen LogP contribution in [0.25, 0.3) is 5.78 Å². The van der Waals surface area contributed by atoms with Crippen LogP contribution in [-0.2, 0) is 6.54 Å². The van der Waals surface area contributed by atoms with Crippen LogP contribution in [0.4, 0.5) is 0 Å². The molecule has 1 atom stereocenters. The zero-order chi connectivity index (χ0) is 17.2. The number of hydrogen-bond acceptors (Lipinski definition) is 6. The molecule has 3 aromatic rings. The fourth-order valence-electron chi connectivity index (χ4n) is 3.51. The number of likely N-dealkylation sites (tertiary alicyclic amines) is 1. The van der Waals surface area contributed by atoms with Crippen molar-refractivity contribution in [2.24, 2.45) is 0 Å². The van der Waals surface area contributed by atoms with Crippen LogP contribution >= 0.6 is 0 Å². The number of nitrogens with zero attached hydrogens (tertiary/aromatic N) is 5. The van der Waals surface area contributed by atoms with Crippen molar-refractivity contribution in [3.8, 4) is 11.5 Å². The van der Waals surface area contributed by atoms with E-state index in [9.17, 15) is 0 Å². The highest BCUT2D eigenvalue weighted by Crippen LogP contribution is 2.39. The minimum Gasteiger partial charge on any atom is -0.493 e. The van der Waals surface area contributed by atoms with Gasteiger partial charge in [-0.05, 0) is 25.1 Å². The van der Waals surface area contributed by atoms with Crippen molar-refractivity contribution in [2.75, 3.05) is 27.3 Å². The lowest BCUT2D eigenvalue weighted by Gasteiger charge is -2.18. The van der Waals surface area contributed by atoms with Gasteiger partial charge < -0.3 is 9.47 Å². The van der Waals surface area contributed by atoms with Gasteiger partial charge in [-0.25, -0.2) is 9.50 Å². The zero-order valence-electron chi connectivity index (χ0n) is 14.4. The minimum atomic E-state index is 0.417. The van der Waals surface area contributed by atoms with Crippen LogP contribution in [-0.4, -0.2) is 51.8 Å². The van der Waals surface area contributed by atoms with E-state index >= 15 is 0 Å². The van der Waals surface area contributed by atoms with Crippen LogP contribution in [0.5, 0.6) is 11.5 Å². The molecule has 0 bridgehead atoms. The van der Waals surface area contributed by atoms with E-state index in [2.05, 4.69) is 26.0 Å². The lowest BCUT2D eigenvalue weighted by molar-refractivity contribution is 0.315. The Balaban J connectivity index is 1.50.